The molecule has 0 atom stereocenters. The average Bonchev–Trinajstić information content (AvgIpc) is 2.70. The number of hydrogen-bond donors (Lipinski definition) is 1. The largest absolute Gasteiger partial charge is 0.395 e. The van der Waals surface area contributed by atoms with Gasteiger partial charge in [-0.1, -0.05) is 18.5 Å². The van der Waals surface area contributed by atoms with Gasteiger partial charge in [-0.05, 0) is 69.0 Å². The molecule has 27 heavy (non-hydrogen) atoms. The highest BCUT2D eigenvalue weighted by Crippen LogP contribution is 2.20. The number of rotatable bonds is 11. The minimum atomic E-state index is 0.0920. The van der Waals surface area contributed by atoms with Crippen molar-refractivity contribution in [3.63, 3.8) is 0 Å². The molecule has 1 fully saturated rings. The second-order valence-corrected chi connectivity index (χ2v) is 7.62. The molecule has 1 aromatic rings. The van der Waals surface area contributed by atoms with Crippen molar-refractivity contribution in [2.75, 3.05) is 52.5 Å². The Bertz CT molecular complexity index is 545. The second kappa shape index (κ2) is 12.3. The number of hydrogen-bond acceptors (Lipinski definition) is 4. The predicted octanol–water partition coefficient (Wildman–Crippen LogP) is 3.30. The molecule has 0 aromatic heterocycles. The predicted molar refractivity (Wildman–Crippen MR) is 109 cm³/mol. The highest BCUT2D eigenvalue weighted by Gasteiger charge is 2.23. The lowest BCUT2D eigenvalue weighted by Crippen LogP contribution is -2.39. The van der Waals surface area contributed by atoms with Crippen molar-refractivity contribution < 1.29 is 14.6 Å². The first-order chi connectivity index (χ1) is 13.1. The van der Waals surface area contributed by atoms with Gasteiger partial charge in [0.25, 0.3) is 5.91 Å². The van der Waals surface area contributed by atoms with Gasteiger partial charge in [0.2, 0.25) is 0 Å². The molecule has 0 radical (unpaired) electrons. The molecule has 1 N–H and O–H groups in total. The number of aliphatic hydroxyl groups excluding tert-OH is 1. The van der Waals surface area contributed by atoms with Gasteiger partial charge < -0.3 is 19.6 Å². The Labute approximate surface area is 168 Å². The van der Waals surface area contributed by atoms with Gasteiger partial charge in [-0.3, -0.25) is 4.79 Å². The van der Waals surface area contributed by atoms with E-state index in [0.717, 1.165) is 71.6 Å². The average molecular weight is 397 g/mol. The summed E-state index contributed by atoms with van der Waals surface area (Å²) in [5, 5.41) is 9.64. The molecular weight excluding hydrogens is 364 g/mol. The van der Waals surface area contributed by atoms with Crippen molar-refractivity contribution in [1.82, 2.24) is 9.80 Å². The Hall–Kier alpha value is -1.14. The van der Waals surface area contributed by atoms with Gasteiger partial charge in [0, 0.05) is 43.4 Å². The number of carbonyl (C=O) groups is 1. The van der Waals surface area contributed by atoms with E-state index in [9.17, 15) is 4.79 Å². The molecule has 2 rings (SSSR count). The first kappa shape index (κ1) is 22.2. The number of likely N-dealkylation sites (tertiary alicyclic amines) is 1. The zero-order valence-electron chi connectivity index (χ0n) is 16.4. The number of unbranched alkanes of at least 4 members (excludes halogenated alkanes) is 1. The van der Waals surface area contributed by atoms with E-state index in [1.165, 1.54) is 0 Å². The van der Waals surface area contributed by atoms with Crippen LogP contribution in [0.15, 0.2) is 24.3 Å². The summed E-state index contributed by atoms with van der Waals surface area (Å²) in [7, 11) is 0. The molecular formula is C21H33ClN2O3. The summed E-state index contributed by atoms with van der Waals surface area (Å²) in [6.45, 7) is 8.27. The smallest absolute Gasteiger partial charge is 0.253 e. The molecule has 0 saturated carbocycles. The van der Waals surface area contributed by atoms with Crippen LogP contribution in [0, 0.1) is 5.92 Å². The lowest BCUT2D eigenvalue weighted by atomic mass is 9.97. The van der Waals surface area contributed by atoms with Gasteiger partial charge in [-0.15, -0.1) is 0 Å². The van der Waals surface area contributed by atoms with Gasteiger partial charge in [0.1, 0.15) is 0 Å². The lowest BCUT2D eigenvalue weighted by Gasteiger charge is -2.32. The highest BCUT2D eigenvalue weighted by atomic mass is 35.5. The molecule has 0 unspecified atom stereocenters. The Balaban J connectivity index is 1.57. The molecule has 1 heterocycles. The van der Waals surface area contributed by atoms with E-state index in [2.05, 4.69) is 11.8 Å². The maximum absolute atomic E-state index is 12.5. The monoisotopic (exact) mass is 396 g/mol. The molecule has 1 amide bonds. The fourth-order valence-electron chi connectivity index (χ4n) is 3.44. The van der Waals surface area contributed by atoms with Crippen molar-refractivity contribution in [1.29, 1.82) is 0 Å². The van der Waals surface area contributed by atoms with Gasteiger partial charge in [0.05, 0.1) is 6.61 Å². The maximum Gasteiger partial charge on any atom is 0.253 e. The molecule has 6 heteroatoms. The molecule has 5 nitrogen and oxygen atoms in total. The van der Waals surface area contributed by atoms with E-state index in [1.807, 2.05) is 4.90 Å². The number of likely N-dealkylation sites (N-methyl/N-ethyl adjacent to an activating group) is 1. The second-order valence-electron chi connectivity index (χ2n) is 7.18. The van der Waals surface area contributed by atoms with E-state index in [1.54, 1.807) is 24.3 Å². The molecule has 1 aliphatic rings. The minimum Gasteiger partial charge on any atom is -0.395 e. The Morgan fingerprint density at radius 2 is 1.93 bits per heavy atom. The van der Waals surface area contributed by atoms with Crippen LogP contribution in [-0.4, -0.2) is 73.4 Å². The Morgan fingerprint density at radius 1 is 1.22 bits per heavy atom. The van der Waals surface area contributed by atoms with Crippen LogP contribution in [0.25, 0.3) is 0 Å². The number of aliphatic hydroxyl groups is 1. The number of piperidine rings is 1. The van der Waals surface area contributed by atoms with E-state index >= 15 is 0 Å². The molecule has 1 saturated heterocycles. The van der Waals surface area contributed by atoms with Crippen LogP contribution < -0.4 is 0 Å². The summed E-state index contributed by atoms with van der Waals surface area (Å²) in [6.07, 6.45) is 4.15. The van der Waals surface area contributed by atoms with Gasteiger partial charge in [-0.25, -0.2) is 0 Å². The van der Waals surface area contributed by atoms with Gasteiger partial charge in [-0.2, -0.15) is 0 Å². The fraction of sp³-hybridized carbons (Fsp3) is 0.667. The highest BCUT2D eigenvalue weighted by molar-refractivity contribution is 6.30. The summed E-state index contributed by atoms with van der Waals surface area (Å²) in [5.74, 6) is 0.634. The maximum atomic E-state index is 12.5. The van der Waals surface area contributed by atoms with E-state index in [-0.39, 0.29) is 12.5 Å². The summed E-state index contributed by atoms with van der Waals surface area (Å²) in [6, 6.07) is 7.11. The van der Waals surface area contributed by atoms with Crippen molar-refractivity contribution in [3.8, 4) is 0 Å². The third-order valence-electron chi connectivity index (χ3n) is 5.22. The zero-order chi connectivity index (χ0) is 19.5. The van der Waals surface area contributed by atoms with E-state index in [0.29, 0.717) is 16.5 Å². The molecule has 1 aliphatic heterocycles. The van der Waals surface area contributed by atoms with Gasteiger partial charge in [0.15, 0.2) is 0 Å². The SMILES string of the molecule is CCN(CCO)CCCCOCC1CCN(C(=O)c2ccc(Cl)cc2)CC1. The number of halogens is 1. The van der Waals surface area contributed by atoms with Crippen molar-refractivity contribution >= 4 is 17.5 Å². The summed E-state index contributed by atoms with van der Waals surface area (Å²) in [4.78, 5) is 16.7. The number of amides is 1. The molecule has 0 spiro atoms. The molecule has 0 aliphatic carbocycles. The quantitative estimate of drug-likeness (QED) is 0.583. The molecule has 1 aromatic carbocycles. The van der Waals surface area contributed by atoms with Crippen LogP contribution in [0.4, 0.5) is 0 Å². The van der Waals surface area contributed by atoms with Crippen LogP contribution in [0.3, 0.4) is 0 Å². The third kappa shape index (κ3) is 7.78. The van der Waals surface area contributed by atoms with Crippen molar-refractivity contribution in [3.05, 3.63) is 34.9 Å². The van der Waals surface area contributed by atoms with Crippen LogP contribution in [-0.2, 0) is 4.74 Å². The topological polar surface area (TPSA) is 53.0 Å². The van der Waals surface area contributed by atoms with Crippen LogP contribution in [0.5, 0.6) is 0 Å². The Kier molecular flexibility index (Phi) is 10.1. The van der Waals surface area contributed by atoms with Crippen LogP contribution >= 0.6 is 11.6 Å². The Morgan fingerprint density at radius 3 is 2.56 bits per heavy atom. The summed E-state index contributed by atoms with van der Waals surface area (Å²) in [5.41, 5.74) is 0.705. The van der Waals surface area contributed by atoms with Crippen LogP contribution in [0.1, 0.15) is 43.0 Å². The standard InChI is InChI=1S/C21H33ClN2O3/c1-2-23(14-15-25)11-3-4-16-27-17-18-9-12-24(13-10-18)21(26)19-5-7-20(22)8-6-19/h5-8,18,25H,2-4,9-17H2,1H3. The fourth-order valence-corrected chi connectivity index (χ4v) is 3.56. The zero-order valence-corrected chi connectivity index (χ0v) is 17.2. The van der Waals surface area contributed by atoms with Crippen molar-refractivity contribution in [2.24, 2.45) is 5.92 Å². The normalized spacial score (nSPS) is 15.5. The van der Waals surface area contributed by atoms with Crippen molar-refractivity contribution in [2.45, 2.75) is 32.6 Å². The van der Waals surface area contributed by atoms with Crippen LogP contribution in [0.2, 0.25) is 5.02 Å². The number of benzene rings is 1. The van der Waals surface area contributed by atoms with E-state index in [4.69, 9.17) is 21.4 Å². The third-order valence-corrected chi connectivity index (χ3v) is 5.47. The lowest BCUT2D eigenvalue weighted by molar-refractivity contribution is 0.0511. The summed E-state index contributed by atoms with van der Waals surface area (Å²) >= 11 is 5.89. The molecule has 152 valence electrons. The van der Waals surface area contributed by atoms with Gasteiger partial charge >= 0.3 is 0 Å². The first-order valence-corrected chi connectivity index (χ1v) is 10.5. The minimum absolute atomic E-state index is 0.0920. The summed E-state index contributed by atoms with van der Waals surface area (Å²) < 4.78 is 5.86. The van der Waals surface area contributed by atoms with E-state index < -0.39 is 0 Å². The number of ether oxygens (including phenoxy) is 1. The molecule has 0 bridgehead atoms. The number of carbonyl (C=O) groups excluding carboxylic acids is 1. The first-order valence-electron chi connectivity index (χ1n) is 10.1. The number of nitrogens with zero attached hydrogens (tertiary/aromatic N) is 2.